The number of urea groups is 1. The number of halogens is 1. The topological polar surface area (TPSA) is 93.4 Å². The Morgan fingerprint density at radius 1 is 1.12 bits per heavy atom. The second kappa shape index (κ2) is 8.84. The summed E-state index contributed by atoms with van der Waals surface area (Å²) in [6.45, 7) is 1.75. The van der Waals surface area contributed by atoms with Crippen molar-refractivity contribution in [3.63, 3.8) is 0 Å². The number of ether oxygens (including phenoxy) is 1. The van der Waals surface area contributed by atoms with Crippen molar-refractivity contribution in [2.45, 2.75) is 25.4 Å². The van der Waals surface area contributed by atoms with Gasteiger partial charge in [-0.2, -0.15) is 0 Å². The van der Waals surface area contributed by atoms with E-state index >= 15 is 0 Å². The first-order valence-corrected chi connectivity index (χ1v) is 8.14. The van der Waals surface area contributed by atoms with E-state index in [1.165, 1.54) is 19.2 Å². The molecule has 0 fully saturated rings. The molecule has 2 aromatic rings. The van der Waals surface area contributed by atoms with Crippen molar-refractivity contribution in [2.24, 2.45) is 5.73 Å². The maximum absolute atomic E-state index is 13.8. The van der Waals surface area contributed by atoms with E-state index in [9.17, 15) is 14.0 Å². The van der Waals surface area contributed by atoms with Gasteiger partial charge in [-0.25, -0.2) is 9.18 Å². The number of methoxy groups -OCH3 is 1. The largest absolute Gasteiger partial charge is 0.494 e. The summed E-state index contributed by atoms with van der Waals surface area (Å²) in [6.07, 6.45) is 0.00985. The Morgan fingerprint density at radius 2 is 1.81 bits per heavy atom. The Kier molecular flexibility index (Phi) is 6.54. The molecule has 0 saturated heterocycles. The summed E-state index contributed by atoms with van der Waals surface area (Å²) in [4.78, 5) is 23.6. The van der Waals surface area contributed by atoms with E-state index in [0.717, 1.165) is 5.56 Å². The van der Waals surface area contributed by atoms with Gasteiger partial charge in [-0.1, -0.05) is 36.4 Å². The summed E-state index contributed by atoms with van der Waals surface area (Å²) < 4.78 is 18.7. The molecule has 138 valence electrons. The van der Waals surface area contributed by atoms with Crippen LogP contribution >= 0.6 is 0 Å². The van der Waals surface area contributed by atoms with Crippen molar-refractivity contribution in [3.05, 3.63) is 65.5 Å². The molecule has 3 amide bonds. The Hall–Kier alpha value is -3.09. The molecular weight excluding hydrogens is 337 g/mol. The lowest BCUT2D eigenvalue weighted by Crippen LogP contribution is -2.37. The minimum Gasteiger partial charge on any atom is -0.494 e. The molecule has 2 unspecified atom stereocenters. The molecule has 0 aliphatic heterocycles. The standard InChI is InChI=1S/C19H22FN3O3/c1-12(14-8-9-17(26-2)15(20)10-14)22-18(24)11-16(23-19(21)25)13-6-4-3-5-7-13/h3-10,12,16H,11H2,1-2H3,(H,22,24)(H3,21,23,25). The lowest BCUT2D eigenvalue weighted by atomic mass is 10.0. The summed E-state index contributed by atoms with van der Waals surface area (Å²) in [5.74, 6) is -0.651. The Labute approximate surface area is 151 Å². The van der Waals surface area contributed by atoms with Crippen molar-refractivity contribution >= 4 is 11.9 Å². The number of hydrogen-bond acceptors (Lipinski definition) is 3. The summed E-state index contributed by atoms with van der Waals surface area (Å²) in [5, 5.41) is 5.36. The molecule has 0 saturated carbocycles. The van der Waals surface area contributed by atoms with Crippen molar-refractivity contribution in [1.82, 2.24) is 10.6 Å². The molecule has 0 heterocycles. The fourth-order valence-electron chi connectivity index (χ4n) is 2.63. The first-order chi connectivity index (χ1) is 12.4. The highest BCUT2D eigenvalue weighted by molar-refractivity contribution is 5.79. The number of nitrogens with two attached hydrogens (primary N) is 1. The van der Waals surface area contributed by atoms with E-state index in [-0.39, 0.29) is 18.1 Å². The van der Waals surface area contributed by atoms with Crippen LogP contribution in [-0.2, 0) is 4.79 Å². The van der Waals surface area contributed by atoms with Gasteiger partial charge in [0, 0.05) is 0 Å². The highest BCUT2D eigenvalue weighted by atomic mass is 19.1. The van der Waals surface area contributed by atoms with Crippen LogP contribution in [0.4, 0.5) is 9.18 Å². The van der Waals surface area contributed by atoms with Crippen LogP contribution in [0.15, 0.2) is 48.5 Å². The van der Waals surface area contributed by atoms with E-state index in [4.69, 9.17) is 10.5 Å². The average molecular weight is 359 g/mol. The lowest BCUT2D eigenvalue weighted by Gasteiger charge is -2.20. The SMILES string of the molecule is COc1ccc(C(C)NC(=O)CC(NC(N)=O)c2ccccc2)cc1F. The summed E-state index contributed by atoms with van der Waals surface area (Å²) >= 11 is 0. The molecule has 4 N–H and O–H groups in total. The molecule has 0 aliphatic rings. The second-order valence-corrected chi connectivity index (χ2v) is 5.86. The van der Waals surface area contributed by atoms with Crippen LogP contribution in [0.5, 0.6) is 5.75 Å². The Balaban J connectivity index is 2.05. The number of hydrogen-bond donors (Lipinski definition) is 3. The maximum Gasteiger partial charge on any atom is 0.312 e. The molecule has 0 aliphatic carbocycles. The average Bonchev–Trinajstić information content (AvgIpc) is 2.61. The van der Waals surface area contributed by atoms with Gasteiger partial charge in [0.05, 0.1) is 25.6 Å². The van der Waals surface area contributed by atoms with Gasteiger partial charge in [0.25, 0.3) is 0 Å². The third kappa shape index (κ3) is 5.20. The van der Waals surface area contributed by atoms with Gasteiger partial charge in [-0.3, -0.25) is 4.79 Å². The molecular formula is C19H22FN3O3. The van der Waals surface area contributed by atoms with E-state index in [1.54, 1.807) is 25.1 Å². The summed E-state index contributed by atoms with van der Waals surface area (Å²) in [5.41, 5.74) is 6.58. The zero-order valence-corrected chi connectivity index (χ0v) is 14.7. The minimum absolute atomic E-state index is 0.00985. The molecule has 2 rings (SSSR count). The van der Waals surface area contributed by atoms with Crippen molar-refractivity contribution in [3.8, 4) is 5.75 Å². The second-order valence-electron chi connectivity index (χ2n) is 5.86. The molecule has 2 atom stereocenters. The molecule has 7 heteroatoms. The lowest BCUT2D eigenvalue weighted by molar-refractivity contribution is -0.122. The maximum atomic E-state index is 13.8. The number of rotatable bonds is 7. The number of benzene rings is 2. The highest BCUT2D eigenvalue weighted by Gasteiger charge is 2.19. The normalized spacial score (nSPS) is 12.7. The fraction of sp³-hybridized carbons (Fsp3) is 0.263. The van der Waals surface area contributed by atoms with Crippen LogP contribution in [0.2, 0.25) is 0 Å². The van der Waals surface area contributed by atoms with E-state index < -0.39 is 23.9 Å². The number of nitrogens with one attached hydrogen (secondary N) is 2. The molecule has 26 heavy (non-hydrogen) atoms. The molecule has 0 spiro atoms. The van der Waals surface area contributed by atoms with Gasteiger partial charge >= 0.3 is 6.03 Å². The zero-order valence-electron chi connectivity index (χ0n) is 14.7. The number of primary amides is 1. The van der Waals surface area contributed by atoms with E-state index in [2.05, 4.69) is 10.6 Å². The van der Waals surface area contributed by atoms with Gasteiger partial charge in [-0.15, -0.1) is 0 Å². The van der Waals surface area contributed by atoms with Crippen LogP contribution in [0.25, 0.3) is 0 Å². The van der Waals surface area contributed by atoms with E-state index in [0.29, 0.717) is 5.56 Å². The summed E-state index contributed by atoms with van der Waals surface area (Å²) in [7, 11) is 1.39. The number of amides is 3. The first kappa shape index (κ1) is 19.2. The molecule has 0 aromatic heterocycles. The first-order valence-electron chi connectivity index (χ1n) is 8.14. The van der Waals surface area contributed by atoms with E-state index in [1.807, 2.05) is 18.2 Å². The quantitative estimate of drug-likeness (QED) is 0.710. The predicted molar refractivity (Wildman–Crippen MR) is 96.0 cm³/mol. The molecule has 2 aromatic carbocycles. The number of carbonyl (C=O) groups excluding carboxylic acids is 2. The highest BCUT2D eigenvalue weighted by Crippen LogP contribution is 2.22. The Morgan fingerprint density at radius 3 is 2.38 bits per heavy atom. The van der Waals surface area contributed by atoms with Crippen LogP contribution in [0.1, 0.15) is 36.6 Å². The predicted octanol–water partition coefficient (Wildman–Crippen LogP) is 2.81. The van der Waals surface area contributed by atoms with Gasteiger partial charge < -0.3 is 21.1 Å². The number of carbonyl (C=O) groups is 2. The van der Waals surface area contributed by atoms with Gasteiger partial charge in [0.2, 0.25) is 5.91 Å². The smallest absolute Gasteiger partial charge is 0.312 e. The Bertz CT molecular complexity index is 768. The van der Waals surface area contributed by atoms with Gasteiger partial charge in [-0.05, 0) is 30.2 Å². The van der Waals surface area contributed by atoms with Crippen LogP contribution in [0.3, 0.4) is 0 Å². The molecule has 6 nitrogen and oxygen atoms in total. The van der Waals surface area contributed by atoms with Crippen molar-refractivity contribution < 1.29 is 18.7 Å². The van der Waals surface area contributed by atoms with Crippen molar-refractivity contribution in [1.29, 1.82) is 0 Å². The zero-order chi connectivity index (χ0) is 19.1. The van der Waals surface area contributed by atoms with Gasteiger partial charge in [0.1, 0.15) is 0 Å². The minimum atomic E-state index is -0.711. The van der Waals surface area contributed by atoms with Crippen LogP contribution in [0, 0.1) is 5.82 Å². The molecule has 0 radical (unpaired) electrons. The third-order valence-electron chi connectivity index (χ3n) is 3.96. The van der Waals surface area contributed by atoms with Crippen LogP contribution in [-0.4, -0.2) is 19.0 Å². The fourth-order valence-corrected chi connectivity index (χ4v) is 2.63. The van der Waals surface area contributed by atoms with Crippen molar-refractivity contribution in [2.75, 3.05) is 7.11 Å². The third-order valence-corrected chi connectivity index (χ3v) is 3.96. The van der Waals surface area contributed by atoms with Gasteiger partial charge in [0.15, 0.2) is 11.6 Å². The molecule has 0 bridgehead atoms. The van der Waals surface area contributed by atoms with Crippen LogP contribution < -0.4 is 21.1 Å². The monoisotopic (exact) mass is 359 g/mol. The summed E-state index contributed by atoms with van der Waals surface area (Å²) in [6, 6.07) is 11.9.